The van der Waals surface area contributed by atoms with E-state index < -0.39 is 11.7 Å². The number of para-hydroxylation sites is 1. The molecule has 3 N–H and O–H groups in total. The predicted molar refractivity (Wildman–Crippen MR) is 122 cm³/mol. The minimum atomic E-state index is -0.595. The number of nitrogens with one attached hydrogen (secondary N) is 1. The highest BCUT2D eigenvalue weighted by molar-refractivity contribution is 6.09. The second-order valence-corrected chi connectivity index (χ2v) is 8.21. The SMILES string of the molecule is C=C1Nn2ccc(F)c2C(=O)N1c1ccccc1CC1CN(c2nc(N)ncc2C(C)=O)C1. The van der Waals surface area contributed by atoms with E-state index in [-0.39, 0.29) is 23.3 Å². The lowest BCUT2D eigenvalue weighted by molar-refractivity contribution is 0.0975. The van der Waals surface area contributed by atoms with Crippen molar-refractivity contribution >= 4 is 29.1 Å². The lowest BCUT2D eigenvalue weighted by Gasteiger charge is -2.41. The topological polar surface area (TPSA) is 109 Å². The summed E-state index contributed by atoms with van der Waals surface area (Å²) >= 11 is 0. The van der Waals surface area contributed by atoms with E-state index in [0.29, 0.717) is 42.4 Å². The monoisotopic (exact) mass is 447 g/mol. The number of ketones is 1. The van der Waals surface area contributed by atoms with Gasteiger partial charge >= 0.3 is 0 Å². The van der Waals surface area contributed by atoms with Crippen LogP contribution < -0.4 is 21.0 Å². The molecule has 1 aromatic carbocycles. The summed E-state index contributed by atoms with van der Waals surface area (Å²) in [5, 5.41) is 0. The van der Waals surface area contributed by atoms with Gasteiger partial charge in [0, 0.05) is 25.5 Å². The first-order valence-electron chi connectivity index (χ1n) is 10.5. The average molecular weight is 447 g/mol. The van der Waals surface area contributed by atoms with Gasteiger partial charge in [0.15, 0.2) is 17.3 Å². The van der Waals surface area contributed by atoms with Crippen molar-refractivity contribution in [3.8, 4) is 0 Å². The molecule has 5 rings (SSSR count). The van der Waals surface area contributed by atoms with Crippen molar-refractivity contribution in [3.63, 3.8) is 0 Å². The van der Waals surface area contributed by atoms with E-state index >= 15 is 0 Å². The molecule has 2 aliphatic rings. The summed E-state index contributed by atoms with van der Waals surface area (Å²) < 4.78 is 15.5. The van der Waals surface area contributed by atoms with Gasteiger partial charge in [0.1, 0.15) is 11.6 Å². The van der Waals surface area contributed by atoms with Crippen molar-refractivity contribution in [2.75, 3.05) is 34.0 Å². The number of Topliss-reactive ketones (excluding diaryl/α,β-unsaturated/α-hetero) is 1. The van der Waals surface area contributed by atoms with Crippen LogP contribution in [0.5, 0.6) is 0 Å². The van der Waals surface area contributed by atoms with Crippen LogP contribution in [0.1, 0.15) is 33.3 Å². The smallest absolute Gasteiger partial charge is 0.285 e. The van der Waals surface area contributed by atoms with E-state index in [1.54, 1.807) is 0 Å². The molecule has 0 atom stereocenters. The van der Waals surface area contributed by atoms with E-state index in [4.69, 9.17) is 5.73 Å². The summed E-state index contributed by atoms with van der Waals surface area (Å²) in [6.45, 7) is 6.78. The zero-order valence-corrected chi connectivity index (χ0v) is 18.0. The van der Waals surface area contributed by atoms with Crippen LogP contribution in [0.3, 0.4) is 0 Å². The van der Waals surface area contributed by atoms with Gasteiger partial charge in [0.25, 0.3) is 5.91 Å². The molecule has 1 saturated heterocycles. The number of amides is 1. The molecule has 0 aliphatic carbocycles. The van der Waals surface area contributed by atoms with E-state index in [9.17, 15) is 14.0 Å². The number of nitrogen functional groups attached to an aromatic ring is 1. The third-order valence-electron chi connectivity index (χ3n) is 5.93. The van der Waals surface area contributed by atoms with Gasteiger partial charge < -0.3 is 10.6 Å². The molecule has 0 unspecified atom stereocenters. The number of halogens is 1. The normalized spacial score (nSPS) is 15.8. The van der Waals surface area contributed by atoms with Gasteiger partial charge in [0.05, 0.1) is 11.3 Å². The van der Waals surface area contributed by atoms with Crippen molar-refractivity contribution < 1.29 is 14.0 Å². The first kappa shape index (κ1) is 20.7. The Morgan fingerprint density at radius 1 is 1.30 bits per heavy atom. The van der Waals surface area contributed by atoms with Gasteiger partial charge in [-0.3, -0.25) is 24.6 Å². The van der Waals surface area contributed by atoms with Crippen LogP contribution in [0, 0.1) is 11.7 Å². The highest BCUT2D eigenvalue weighted by Crippen LogP contribution is 2.34. The number of carbonyl (C=O) groups excluding carboxylic acids is 2. The Morgan fingerprint density at radius 2 is 2.06 bits per heavy atom. The first-order valence-corrected chi connectivity index (χ1v) is 10.5. The molecule has 0 spiro atoms. The van der Waals surface area contributed by atoms with Crippen LogP contribution in [0.2, 0.25) is 0 Å². The number of carbonyl (C=O) groups is 2. The molecule has 33 heavy (non-hydrogen) atoms. The van der Waals surface area contributed by atoms with Crippen LogP contribution in [0.4, 0.5) is 21.8 Å². The van der Waals surface area contributed by atoms with Crippen molar-refractivity contribution in [2.24, 2.45) is 5.92 Å². The van der Waals surface area contributed by atoms with Crippen LogP contribution in [-0.4, -0.2) is 39.4 Å². The molecule has 2 aromatic heterocycles. The zero-order valence-electron chi connectivity index (χ0n) is 18.0. The number of nitrogens with zero attached hydrogens (tertiary/aromatic N) is 5. The minimum absolute atomic E-state index is 0.0647. The van der Waals surface area contributed by atoms with Gasteiger partial charge in [-0.15, -0.1) is 0 Å². The molecule has 0 bridgehead atoms. The number of nitrogens with two attached hydrogens (primary N) is 1. The molecule has 0 saturated carbocycles. The number of fused-ring (bicyclic) bond motifs is 1. The van der Waals surface area contributed by atoms with Crippen LogP contribution in [0.25, 0.3) is 0 Å². The lowest BCUT2D eigenvalue weighted by atomic mass is 9.90. The second kappa shape index (κ2) is 7.73. The van der Waals surface area contributed by atoms with Gasteiger partial charge in [-0.2, -0.15) is 4.98 Å². The summed E-state index contributed by atoms with van der Waals surface area (Å²) in [6, 6.07) is 8.75. The molecule has 0 radical (unpaired) electrons. The molecule has 4 heterocycles. The lowest BCUT2D eigenvalue weighted by Crippen LogP contribution is -2.49. The van der Waals surface area contributed by atoms with Crippen LogP contribution >= 0.6 is 0 Å². The summed E-state index contributed by atoms with van der Waals surface area (Å²) in [7, 11) is 0. The quantitative estimate of drug-likeness (QED) is 0.579. The molecule has 1 fully saturated rings. The Balaban J connectivity index is 1.36. The van der Waals surface area contributed by atoms with Gasteiger partial charge in [-0.1, -0.05) is 24.8 Å². The van der Waals surface area contributed by atoms with E-state index in [1.165, 1.54) is 35.0 Å². The van der Waals surface area contributed by atoms with Gasteiger partial charge in [-0.25, -0.2) is 9.37 Å². The molecular weight excluding hydrogens is 425 g/mol. The Hall–Kier alpha value is -4.21. The third-order valence-corrected chi connectivity index (χ3v) is 5.93. The minimum Gasteiger partial charge on any atom is -0.368 e. The fraction of sp³-hybridized carbons (Fsp3) is 0.217. The predicted octanol–water partition coefficient (Wildman–Crippen LogP) is 2.56. The largest absolute Gasteiger partial charge is 0.368 e. The Morgan fingerprint density at radius 3 is 2.82 bits per heavy atom. The van der Waals surface area contributed by atoms with Crippen molar-refractivity contribution in [3.05, 3.63) is 77.8 Å². The van der Waals surface area contributed by atoms with Gasteiger partial charge in [0.2, 0.25) is 5.95 Å². The third kappa shape index (κ3) is 3.49. The number of hydrogen-bond acceptors (Lipinski definition) is 7. The standard InChI is InChI=1S/C23H22FN7O2/c1-13(32)17-10-26-23(25)27-21(17)29-11-15(12-29)9-16-5-3-4-6-19(16)31-14(2)28-30-8-7-18(24)20(30)22(31)33/h3-8,10,15,28H,2,9,11-12H2,1H3,(H2,25,26,27). The summed E-state index contributed by atoms with van der Waals surface area (Å²) in [4.78, 5) is 36.6. The van der Waals surface area contributed by atoms with E-state index in [0.717, 1.165) is 5.56 Å². The summed E-state index contributed by atoms with van der Waals surface area (Å²) in [5.41, 5.74) is 10.6. The zero-order chi connectivity index (χ0) is 23.3. The number of anilines is 3. The maximum Gasteiger partial charge on any atom is 0.285 e. The highest BCUT2D eigenvalue weighted by Gasteiger charge is 2.35. The fourth-order valence-corrected chi connectivity index (χ4v) is 4.34. The number of aromatic nitrogens is 3. The molecule has 10 heteroatoms. The number of benzene rings is 1. The summed E-state index contributed by atoms with van der Waals surface area (Å²) in [6.07, 6.45) is 3.59. The second-order valence-electron chi connectivity index (χ2n) is 8.21. The Labute approximate surface area is 189 Å². The fourth-order valence-electron chi connectivity index (χ4n) is 4.34. The summed E-state index contributed by atoms with van der Waals surface area (Å²) in [5.74, 6) is 0.0755. The molecule has 2 aliphatic heterocycles. The van der Waals surface area contributed by atoms with Crippen molar-refractivity contribution in [2.45, 2.75) is 13.3 Å². The van der Waals surface area contributed by atoms with E-state index in [2.05, 4.69) is 22.0 Å². The maximum atomic E-state index is 14.2. The molecular formula is C23H22FN7O2. The molecule has 3 aromatic rings. The van der Waals surface area contributed by atoms with Gasteiger partial charge in [-0.05, 0) is 37.0 Å². The number of hydrogen-bond donors (Lipinski definition) is 2. The van der Waals surface area contributed by atoms with Crippen LogP contribution in [0.15, 0.2) is 55.1 Å². The number of rotatable bonds is 5. The maximum absolute atomic E-state index is 14.2. The molecule has 168 valence electrons. The highest BCUT2D eigenvalue weighted by atomic mass is 19.1. The molecule has 9 nitrogen and oxygen atoms in total. The van der Waals surface area contributed by atoms with E-state index in [1.807, 2.05) is 29.2 Å². The molecule has 1 amide bonds. The van der Waals surface area contributed by atoms with Crippen LogP contribution in [-0.2, 0) is 6.42 Å². The average Bonchev–Trinajstić information content (AvgIpc) is 3.11. The van der Waals surface area contributed by atoms with Crippen molar-refractivity contribution in [1.29, 1.82) is 0 Å². The first-order chi connectivity index (χ1) is 15.8. The van der Waals surface area contributed by atoms with Crippen molar-refractivity contribution in [1.82, 2.24) is 14.6 Å². The Kier molecular flexibility index (Phi) is 4.85. The Bertz CT molecular complexity index is 1300.